The highest BCUT2D eigenvalue weighted by Crippen LogP contribution is 2.40. The third-order valence-electron chi connectivity index (χ3n) is 4.87. The Morgan fingerprint density at radius 3 is 2.47 bits per heavy atom. The van der Waals surface area contributed by atoms with E-state index < -0.39 is 0 Å². The van der Waals surface area contributed by atoms with Crippen molar-refractivity contribution in [2.75, 3.05) is 17.7 Å². The van der Waals surface area contributed by atoms with Crippen molar-refractivity contribution in [3.8, 4) is 5.75 Å². The molecule has 1 aromatic carbocycles. The van der Waals surface area contributed by atoms with Crippen LogP contribution in [0.4, 0.5) is 10.9 Å². The molecule has 0 saturated carbocycles. The average molecular weight is 449 g/mol. The van der Waals surface area contributed by atoms with Crippen molar-refractivity contribution in [2.45, 2.75) is 26.8 Å². The van der Waals surface area contributed by atoms with Crippen LogP contribution in [0, 0.1) is 20.8 Å². The Labute approximate surface area is 190 Å². The first-order valence-electron chi connectivity index (χ1n) is 10.1. The zero-order chi connectivity index (χ0) is 22.7. The molecule has 0 fully saturated rings. The van der Waals surface area contributed by atoms with Crippen LogP contribution in [0.5, 0.6) is 5.75 Å². The van der Waals surface area contributed by atoms with Crippen molar-refractivity contribution in [2.24, 2.45) is 0 Å². The van der Waals surface area contributed by atoms with E-state index in [-0.39, 0.29) is 17.7 Å². The minimum absolute atomic E-state index is 0.251. The van der Waals surface area contributed by atoms with Crippen LogP contribution in [0.2, 0.25) is 0 Å². The summed E-state index contributed by atoms with van der Waals surface area (Å²) >= 11 is 1.50. The van der Waals surface area contributed by atoms with E-state index in [0.29, 0.717) is 5.95 Å². The van der Waals surface area contributed by atoms with Crippen molar-refractivity contribution in [1.82, 2.24) is 9.97 Å². The van der Waals surface area contributed by atoms with Gasteiger partial charge in [-0.3, -0.25) is 4.79 Å². The normalized spacial score (nSPS) is 11.8. The van der Waals surface area contributed by atoms with Gasteiger partial charge in [-0.2, -0.15) is 0 Å². The van der Waals surface area contributed by atoms with Gasteiger partial charge in [0.25, 0.3) is 5.91 Å². The van der Waals surface area contributed by atoms with Crippen LogP contribution in [-0.4, -0.2) is 23.0 Å². The highest BCUT2D eigenvalue weighted by atomic mass is 32.1. The van der Waals surface area contributed by atoms with Crippen LogP contribution < -0.4 is 15.4 Å². The van der Waals surface area contributed by atoms with Gasteiger partial charge in [0.15, 0.2) is 5.76 Å². The van der Waals surface area contributed by atoms with Crippen LogP contribution in [0.1, 0.15) is 44.0 Å². The second-order valence-electron chi connectivity index (χ2n) is 7.37. The summed E-state index contributed by atoms with van der Waals surface area (Å²) in [6.07, 6.45) is 1.48. The molecule has 164 valence electrons. The minimum Gasteiger partial charge on any atom is -0.496 e. The molecular weight excluding hydrogens is 424 g/mol. The van der Waals surface area contributed by atoms with Gasteiger partial charge in [-0.15, -0.1) is 11.3 Å². The Bertz CT molecular complexity index is 1210. The second kappa shape index (κ2) is 9.23. The number of aryl methyl sites for hydroxylation is 3. The zero-order valence-corrected chi connectivity index (χ0v) is 19.1. The molecule has 0 unspecified atom stereocenters. The molecule has 0 aliphatic carbocycles. The van der Waals surface area contributed by atoms with Gasteiger partial charge in [-0.1, -0.05) is 18.2 Å². The summed E-state index contributed by atoms with van der Waals surface area (Å²) < 4.78 is 10.9. The van der Waals surface area contributed by atoms with Crippen molar-refractivity contribution < 1.29 is 13.9 Å². The summed E-state index contributed by atoms with van der Waals surface area (Å²) in [5.74, 6) is 1.17. The van der Waals surface area contributed by atoms with Gasteiger partial charge < -0.3 is 19.8 Å². The van der Waals surface area contributed by atoms with Crippen molar-refractivity contribution in [1.29, 1.82) is 0 Å². The van der Waals surface area contributed by atoms with Gasteiger partial charge >= 0.3 is 0 Å². The van der Waals surface area contributed by atoms with E-state index in [1.165, 1.54) is 17.6 Å². The number of ether oxygens (including phenoxy) is 1. The van der Waals surface area contributed by atoms with E-state index in [4.69, 9.17) is 9.15 Å². The molecule has 4 aromatic rings. The highest BCUT2D eigenvalue weighted by Gasteiger charge is 2.25. The molecule has 3 heterocycles. The predicted octanol–water partition coefficient (Wildman–Crippen LogP) is 5.52. The number of nitrogens with one attached hydrogen (secondary N) is 2. The summed E-state index contributed by atoms with van der Waals surface area (Å²) in [5, 5.41) is 7.17. The minimum atomic E-state index is -0.357. The molecule has 8 heteroatoms. The van der Waals surface area contributed by atoms with E-state index in [0.717, 1.165) is 38.1 Å². The zero-order valence-electron chi connectivity index (χ0n) is 18.3. The summed E-state index contributed by atoms with van der Waals surface area (Å²) in [6, 6.07) is 14.7. The number of benzene rings is 1. The van der Waals surface area contributed by atoms with E-state index in [1.54, 1.807) is 19.2 Å². The van der Waals surface area contributed by atoms with Gasteiger partial charge in [0.1, 0.15) is 10.8 Å². The summed E-state index contributed by atoms with van der Waals surface area (Å²) in [5.41, 5.74) is 3.53. The number of carbonyl (C=O) groups is 1. The third kappa shape index (κ3) is 4.65. The van der Waals surface area contributed by atoms with E-state index in [2.05, 4.69) is 26.7 Å². The summed E-state index contributed by atoms with van der Waals surface area (Å²) in [4.78, 5) is 22.9. The van der Waals surface area contributed by atoms with Crippen molar-refractivity contribution in [3.05, 3.63) is 87.9 Å². The van der Waals surface area contributed by atoms with Crippen molar-refractivity contribution in [3.63, 3.8) is 0 Å². The molecule has 0 radical (unpaired) electrons. The van der Waals surface area contributed by atoms with Gasteiger partial charge in [0.05, 0.1) is 19.4 Å². The second-order valence-corrected chi connectivity index (χ2v) is 8.62. The highest BCUT2D eigenvalue weighted by molar-refractivity contribution is 7.16. The van der Waals surface area contributed by atoms with Crippen molar-refractivity contribution >= 4 is 28.2 Å². The molecule has 0 aliphatic heterocycles. The average Bonchev–Trinajstić information content (AvgIpc) is 3.41. The van der Waals surface area contributed by atoms with Crippen LogP contribution in [0.3, 0.4) is 0 Å². The van der Waals surface area contributed by atoms with Crippen LogP contribution in [-0.2, 0) is 0 Å². The SMILES string of the molecule is COc1ccccc1[C@H](Nc1nc(C)cc(C)n1)c1cc(C)sc1NC(=O)c1ccco1. The molecule has 32 heavy (non-hydrogen) atoms. The first-order chi connectivity index (χ1) is 15.4. The van der Waals surface area contributed by atoms with Gasteiger partial charge in [-0.25, -0.2) is 9.97 Å². The van der Waals surface area contributed by atoms with E-state index >= 15 is 0 Å². The lowest BCUT2D eigenvalue weighted by Crippen LogP contribution is -2.18. The predicted molar refractivity (Wildman–Crippen MR) is 126 cm³/mol. The fourth-order valence-corrected chi connectivity index (χ4v) is 4.51. The lowest BCUT2D eigenvalue weighted by atomic mass is 9.99. The van der Waals surface area contributed by atoms with Crippen LogP contribution >= 0.6 is 11.3 Å². The molecule has 0 aliphatic rings. The molecule has 2 N–H and O–H groups in total. The Hall–Kier alpha value is -3.65. The van der Waals surface area contributed by atoms with Crippen LogP contribution in [0.25, 0.3) is 0 Å². The molecule has 0 bridgehead atoms. The number of anilines is 2. The number of aromatic nitrogens is 2. The third-order valence-corrected chi connectivity index (χ3v) is 5.85. The maximum absolute atomic E-state index is 12.7. The number of carbonyl (C=O) groups excluding carboxylic acids is 1. The first-order valence-corrected chi connectivity index (χ1v) is 10.9. The molecule has 4 rings (SSSR count). The van der Waals surface area contributed by atoms with Crippen LogP contribution in [0.15, 0.2) is 59.2 Å². The smallest absolute Gasteiger partial charge is 0.291 e. The quantitative estimate of drug-likeness (QED) is 0.387. The number of methoxy groups -OCH3 is 1. The summed E-state index contributed by atoms with van der Waals surface area (Å²) in [6.45, 7) is 5.87. The van der Waals surface area contributed by atoms with E-state index in [9.17, 15) is 4.79 Å². The lowest BCUT2D eigenvalue weighted by Gasteiger charge is -2.22. The van der Waals surface area contributed by atoms with Gasteiger partial charge in [0, 0.05) is 27.4 Å². The Morgan fingerprint density at radius 1 is 1.03 bits per heavy atom. The van der Waals surface area contributed by atoms with Gasteiger partial charge in [0.2, 0.25) is 5.95 Å². The molecule has 0 spiro atoms. The molecule has 1 amide bonds. The Kier molecular flexibility index (Phi) is 6.23. The number of thiophene rings is 1. The largest absolute Gasteiger partial charge is 0.496 e. The Balaban J connectivity index is 1.79. The molecule has 0 saturated heterocycles. The molecule has 1 atom stereocenters. The standard InChI is InChI=1S/C24H24N4O3S/c1-14-12-15(2)26-24(25-14)27-21(17-8-5-6-9-19(17)30-4)18-13-16(3)32-23(18)28-22(29)20-10-7-11-31-20/h5-13,21H,1-4H3,(H,28,29)(H,25,26,27)/t21-/m0/s1. The van der Waals surface area contributed by atoms with Gasteiger partial charge in [-0.05, 0) is 51.1 Å². The number of nitrogens with zero attached hydrogens (tertiary/aromatic N) is 2. The maximum Gasteiger partial charge on any atom is 0.291 e. The molecule has 3 aromatic heterocycles. The first kappa shape index (κ1) is 21.6. The number of rotatable bonds is 7. The molecular formula is C24H24N4O3S. The lowest BCUT2D eigenvalue weighted by molar-refractivity contribution is 0.0997. The van der Waals surface area contributed by atoms with E-state index in [1.807, 2.05) is 51.1 Å². The number of hydrogen-bond acceptors (Lipinski definition) is 7. The number of amides is 1. The fourth-order valence-electron chi connectivity index (χ4n) is 3.57. The molecule has 7 nitrogen and oxygen atoms in total. The number of hydrogen-bond donors (Lipinski definition) is 2. The summed E-state index contributed by atoms with van der Waals surface area (Å²) in [7, 11) is 1.64. The fraction of sp³-hybridized carbons (Fsp3) is 0.208. The number of furan rings is 1. The Morgan fingerprint density at radius 2 is 1.78 bits per heavy atom. The maximum atomic E-state index is 12.7. The monoisotopic (exact) mass is 448 g/mol. The topological polar surface area (TPSA) is 89.3 Å². The number of para-hydroxylation sites is 1.